The number of Topliss-reactive ketones (excluding diaryl/α,β-unsaturated/α-hetero) is 3. The smallest absolute Gasteiger partial charge is 0.306 e. The minimum Gasteiger partial charge on any atom is -0.481 e. The summed E-state index contributed by atoms with van der Waals surface area (Å²) >= 11 is 0. The van der Waals surface area contributed by atoms with Crippen LogP contribution in [-0.4, -0.2) is 117 Å². The summed E-state index contributed by atoms with van der Waals surface area (Å²) in [7, 11) is 0. The van der Waals surface area contributed by atoms with Gasteiger partial charge in [-0.25, -0.2) is 0 Å². The fraction of sp³-hybridized carbons (Fsp3) is 0.844. The van der Waals surface area contributed by atoms with Gasteiger partial charge in [0.15, 0.2) is 5.78 Å². The maximum Gasteiger partial charge on any atom is 0.306 e. The largest absolute Gasteiger partial charge is 0.481 e. The average molecular weight is 857 g/mol. The molecule has 2 amide bonds. The zero-order chi connectivity index (χ0) is 44.3. The van der Waals surface area contributed by atoms with E-state index in [2.05, 4.69) is 10.6 Å². The molecule has 15 heteroatoms. The molecule has 0 aliphatic carbocycles. The molecular weight excluding hydrogens is 776 g/mol. The lowest BCUT2D eigenvalue weighted by molar-refractivity contribution is -0.144. The number of unbranched alkanes of at least 4 members (excludes halogenated alkanes) is 14. The Hall–Kier alpha value is -3.27. The van der Waals surface area contributed by atoms with E-state index in [1.54, 1.807) is 0 Å². The van der Waals surface area contributed by atoms with Crippen molar-refractivity contribution in [1.82, 2.24) is 10.6 Å². The molecule has 0 fully saturated rings. The zero-order valence-electron chi connectivity index (χ0n) is 36.9. The highest BCUT2D eigenvalue weighted by Crippen LogP contribution is 2.18. The third-order valence-corrected chi connectivity index (χ3v) is 10.0. The molecule has 0 aliphatic rings. The highest BCUT2D eigenvalue weighted by Gasteiger charge is 2.20. The molecule has 60 heavy (non-hydrogen) atoms. The zero-order valence-corrected chi connectivity index (χ0v) is 36.9. The number of amides is 2. The summed E-state index contributed by atoms with van der Waals surface area (Å²) in [5.41, 5.74) is 0. The Balaban J connectivity index is 3.62. The number of hydrogen-bond donors (Lipinski definition) is 4. The van der Waals surface area contributed by atoms with Crippen LogP contribution in [0.5, 0.6) is 0 Å². The minimum atomic E-state index is -0.965. The van der Waals surface area contributed by atoms with Crippen LogP contribution in [0.15, 0.2) is 0 Å². The highest BCUT2D eigenvalue weighted by molar-refractivity contribution is 5.83. The molecule has 0 saturated carbocycles. The molecule has 0 saturated heterocycles. The fourth-order valence-corrected chi connectivity index (χ4v) is 6.41. The van der Waals surface area contributed by atoms with Crippen LogP contribution in [0.2, 0.25) is 0 Å². The van der Waals surface area contributed by atoms with Gasteiger partial charge in [-0.2, -0.15) is 0 Å². The number of carboxylic acid groups (broad SMARTS) is 2. The number of carboxylic acids is 2. The Morgan fingerprint density at radius 3 is 1.50 bits per heavy atom. The number of carbonyl (C=O) groups excluding carboxylic acids is 5. The van der Waals surface area contributed by atoms with Gasteiger partial charge in [0, 0.05) is 64.6 Å². The second kappa shape index (κ2) is 42.4. The number of carbonyl (C=O) groups is 7. The van der Waals surface area contributed by atoms with E-state index in [-0.39, 0.29) is 81.5 Å². The van der Waals surface area contributed by atoms with Gasteiger partial charge >= 0.3 is 11.9 Å². The molecule has 0 aromatic rings. The van der Waals surface area contributed by atoms with Crippen LogP contribution in [0.25, 0.3) is 0 Å². The van der Waals surface area contributed by atoms with E-state index in [1.165, 1.54) is 44.9 Å². The van der Waals surface area contributed by atoms with Crippen LogP contribution >= 0.6 is 0 Å². The lowest BCUT2D eigenvalue weighted by Gasteiger charge is -2.12. The summed E-state index contributed by atoms with van der Waals surface area (Å²) in [6.45, 7) is 4.26. The topological polar surface area (TPSA) is 221 Å². The number of nitrogens with one attached hydrogen (secondary N) is 2. The molecule has 348 valence electrons. The molecule has 0 aromatic heterocycles. The van der Waals surface area contributed by atoms with E-state index in [0.29, 0.717) is 90.7 Å². The van der Waals surface area contributed by atoms with E-state index >= 15 is 0 Å². The molecule has 15 nitrogen and oxygen atoms in total. The van der Waals surface area contributed by atoms with Gasteiger partial charge in [-0.3, -0.25) is 33.6 Å². The van der Waals surface area contributed by atoms with E-state index in [9.17, 15) is 38.7 Å². The summed E-state index contributed by atoms with van der Waals surface area (Å²) in [6, 6.07) is 0. The van der Waals surface area contributed by atoms with Crippen molar-refractivity contribution in [2.75, 3.05) is 65.9 Å². The van der Waals surface area contributed by atoms with Crippen molar-refractivity contribution in [3.63, 3.8) is 0 Å². The van der Waals surface area contributed by atoms with Gasteiger partial charge in [0.1, 0.15) is 24.8 Å². The summed E-state index contributed by atoms with van der Waals surface area (Å²) in [5.74, 6) is -2.65. The molecular formula is C45H80N2O13. The Morgan fingerprint density at radius 2 is 0.917 bits per heavy atom. The predicted octanol–water partition coefficient (Wildman–Crippen LogP) is 6.94. The second-order valence-electron chi connectivity index (χ2n) is 15.5. The molecule has 0 bridgehead atoms. The Labute approximate surface area is 359 Å². The van der Waals surface area contributed by atoms with E-state index in [4.69, 9.17) is 24.1 Å². The number of rotatable bonds is 47. The second-order valence-corrected chi connectivity index (χ2v) is 15.5. The summed E-state index contributed by atoms with van der Waals surface area (Å²) in [6.07, 6.45) is 20.4. The first-order valence-corrected chi connectivity index (χ1v) is 22.9. The summed E-state index contributed by atoms with van der Waals surface area (Å²) < 4.78 is 21.5. The van der Waals surface area contributed by atoms with E-state index in [0.717, 1.165) is 44.9 Å². The maximum absolute atomic E-state index is 12.4. The molecule has 0 radical (unpaired) electrons. The van der Waals surface area contributed by atoms with Crippen LogP contribution in [-0.2, 0) is 52.5 Å². The van der Waals surface area contributed by atoms with Gasteiger partial charge in [-0.1, -0.05) is 90.4 Å². The fourth-order valence-electron chi connectivity index (χ4n) is 6.41. The molecule has 1 atom stereocenters. The highest BCUT2D eigenvalue weighted by atomic mass is 16.5. The van der Waals surface area contributed by atoms with E-state index in [1.807, 2.05) is 6.92 Å². The molecule has 0 aliphatic heterocycles. The van der Waals surface area contributed by atoms with Crippen LogP contribution in [0.3, 0.4) is 0 Å². The Morgan fingerprint density at radius 1 is 0.433 bits per heavy atom. The predicted molar refractivity (Wildman–Crippen MR) is 229 cm³/mol. The third-order valence-electron chi connectivity index (χ3n) is 10.0. The van der Waals surface area contributed by atoms with Gasteiger partial charge in [0.05, 0.1) is 39.0 Å². The normalized spacial score (nSPS) is 11.6. The number of hydrogen-bond acceptors (Lipinski definition) is 11. The van der Waals surface area contributed by atoms with Crippen LogP contribution in [0, 0.1) is 5.92 Å². The van der Waals surface area contributed by atoms with Crippen LogP contribution in [0.4, 0.5) is 0 Å². The van der Waals surface area contributed by atoms with Crippen molar-refractivity contribution in [2.45, 2.75) is 174 Å². The Bertz CT molecular complexity index is 1150. The van der Waals surface area contributed by atoms with Crippen molar-refractivity contribution in [3.05, 3.63) is 0 Å². The van der Waals surface area contributed by atoms with Crippen molar-refractivity contribution in [3.8, 4) is 0 Å². The SMILES string of the molecule is CCC(=O)CCCNC(=O)COCCOCCCC(=O)COCCOCCNC(=O)CCCCC(CC(=O)CCCCCCCCCCCCCCCCC(=O)O)C(=O)O. The Kier molecular flexibility index (Phi) is 40.1. The van der Waals surface area contributed by atoms with Crippen molar-refractivity contribution in [2.24, 2.45) is 5.92 Å². The third kappa shape index (κ3) is 41.5. The first kappa shape index (κ1) is 56.7. The average Bonchev–Trinajstić information content (AvgIpc) is 3.21. The van der Waals surface area contributed by atoms with Gasteiger partial charge < -0.3 is 39.8 Å². The minimum absolute atomic E-state index is 0.00450. The van der Waals surface area contributed by atoms with Crippen molar-refractivity contribution in [1.29, 1.82) is 0 Å². The van der Waals surface area contributed by atoms with E-state index < -0.39 is 17.9 Å². The van der Waals surface area contributed by atoms with Gasteiger partial charge in [-0.05, 0) is 38.5 Å². The quantitative estimate of drug-likeness (QED) is 0.0456. The molecule has 0 spiro atoms. The van der Waals surface area contributed by atoms with Crippen LogP contribution in [0.1, 0.15) is 174 Å². The molecule has 4 N–H and O–H groups in total. The molecule has 0 heterocycles. The molecule has 1 unspecified atom stereocenters. The van der Waals surface area contributed by atoms with Gasteiger partial charge in [0.2, 0.25) is 11.8 Å². The lowest BCUT2D eigenvalue weighted by Crippen LogP contribution is -2.29. The first-order valence-electron chi connectivity index (χ1n) is 22.9. The number of ketones is 3. The summed E-state index contributed by atoms with van der Waals surface area (Å²) in [4.78, 5) is 81.7. The van der Waals surface area contributed by atoms with Gasteiger partial charge in [0.25, 0.3) is 0 Å². The maximum atomic E-state index is 12.4. The van der Waals surface area contributed by atoms with Crippen LogP contribution < -0.4 is 10.6 Å². The lowest BCUT2D eigenvalue weighted by atomic mass is 9.93. The number of aliphatic carboxylic acids is 2. The number of ether oxygens (including phenoxy) is 4. The summed E-state index contributed by atoms with van der Waals surface area (Å²) in [5, 5.41) is 23.7. The standard InChI is InChI=1S/C45H80N2O13/c1-2-39(48)23-19-27-46-43(52)37-60-34-31-57-29-20-24-41(50)36-59-33-32-58-30-28-47-42(51)25-18-17-21-38(45(55)56)35-40(49)22-15-13-11-9-7-5-3-4-6-8-10-12-14-16-26-44(53)54/h38H,2-37H2,1H3,(H,46,52)(H,47,51)(H,53,54)(H,55,56). The van der Waals surface area contributed by atoms with Gasteiger partial charge in [-0.15, -0.1) is 0 Å². The first-order chi connectivity index (χ1) is 29.0. The molecule has 0 aromatic carbocycles. The monoisotopic (exact) mass is 857 g/mol. The molecule has 0 rings (SSSR count). The van der Waals surface area contributed by atoms with Crippen molar-refractivity contribution >= 4 is 41.1 Å². The van der Waals surface area contributed by atoms with Crippen molar-refractivity contribution < 1.29 is 62.7 Å².